The first kappa shape index (κ1) is 26.3. The van der Waals surface area contributed by atoms with Gasteiger partial charge in [-0.15, -0.1) is 0 Å². The third kappa shape index (κ3) is 4.03. The number of anilines is 1. The van der Waals surface area contributed by atoms with Crippen LogP contribution in [-0.4, -0.2) is 90.3 Å². The molecule has 3 amide bonds. The van der Waals surface area contributed by atoms with E-state index in [0.717, 1.165) is 5.56 Å². The second kappa shape index (κ2) is 10.2. The predicted octanol–water partition coefficient (Wildman–Crippen LogP) is 1.81. The Hall–Kier alpha value is -3.95. The molecular weight excluding hydrogens is 510 g/mol. The summed E-state index contributed by atoms with van der Waals surface area (Å²) in [4.78, 5) is 47.3. The van der Waals surface area contributed by atoms with Gasteiger partial charge in [-0.05, 0) is 36.2 Å². The van der Waals surface area contributed by atoms with Gasteiger partial charge in [-0.2, -0.15) is 0 Å². The van der Waals surface area contributed by atoms with E-state index in [2.05, 4.69) is 0 Å². The van der Waals surface area contributed by atoms with Crippen molar-refractivity contribution in [2.75, 3.05) is 38.8 Å². The fraction of sp³-hybridized carbons (Fsp3) is 0.387. The molecule has 2 aromatic rings. The number of rotatable bonds is 6. The van der Waals surface area contributed by atoms with Crippen molar-refractivity contribution >= 4 is 23.4 Å². The molecule has 1 N–H and O–H groups in total. The Morgan fingerprint density at radius 1 is 1.00 bits per heavy atom. The Bertz CT molecular complexity index is 1360. The summed E-state index contributed by atoms with van der Waals surface area (Å²) in [6.45, 7) is 0.341. The quantitative estimate of drug-likeness (QED) is 0.558. The first-order valence-electron chi connectivity index (χ1n) is 13.6. The second-order valence-corrected chi connectivity index (χ2v) is 10.8. The minimum Gasteiger partial charge on any atom is -0.497 e. The molecular formula is C31H33N3O6. The van der Waals surface area contributed by atoms with Gasteiger partial charge in [0.25, 0.3) is 5.91 Å². The van der Waals surface area contributed by atoms with Crippen molar-refractivity contribution in [1.82, 2.24) is 9.80 Å². The normalized spacial score (nSPS) is 30.1. The lowest BCUT2D eigenvalue weighted by Gasteiger charge is -2.38. The first-order valence-corrected chi connectivity index (χ1v) is 13.6. The lowest BCUT2D eigenvalue weighted by molar-refractivity contribution is -0.146. The summed E-state index contributed by atoms with van der Waals surface area (Å²) in [5.41, 5.74) is 0.221. The maximum absolute atomic E-state index is 14.6. The Balaban J connectivity index is 1.47. The molecule has 4 aliphatic heterocycles. The average Bonchev–Trinajstić information content (AvgIpc) is 3.31. The Morgan fingerprint density at radius 2 is 1.75 bits per heavy atom. The summed E-state index contributed by atoms with van der Waals surface area (Å²) in [6.07, 6.45) is 7.09. The molecule has 2 aromatic carbocycles. The van der Waals surface area contributed by atoms with E-state index < -0.39 is 35.6 Å². The number of benzene rings is 2. The van der Waals surface area contributed by atoms with Crippen LogP contribution in [0.15, 0.2) is 78.9 Å². The standard InChI is InChI=1S/C31H33N3O6/c1-32-16-6-10-24-25(28(32)36)26-29(37)34(22(19-35)18-20-8-4-3-5-9-20)27-30(38)33(17-7-15-31(26,27)40-24)21-11-13-23(39-2)14-12-21/h3-15,22,24-27,35H,16-19H2,1-2H3/t22-,24+,25-,26+,27?,31+/m1/s1. The highest BCUT2D eigenvalue weighted by Gasteiger charge is 2.72. The van der Waals surface area contributed by atoms with Crippen molar-refractivity contribution in [3.05, 3.63) is 84.5 Å². The van der Waals surface area contributed by atoms with Crippen molar-refractivity contribution in [3.8, 4) is 5.75 Å². The van der Waals surface area contributed by atoms with Gasteiger partial charge in [-0.1, -0.05) is 54.6 Å². The fourth-order valence-corrected chi connectivity index (χ4v) is 6.73. The van der Waals surface area contributed by atoms with E-state index in [1.807, 2.05) is 54.6 Å². The number of fused-ring (bicyclic) bond motifs is 2. The number of amides is 3. The number of hydrogen-bond acceptors (Lipinski definition) is 6. The van der Waals surface area contributed by atoms with Gasteiger partial charge < -0.3 is 29.3 Å². The van der Waals surface area contributed by atoms with Crippen LogP contribution in [0.3, 0.4) is 0 Å². The van der Waals surface area contributed by atoms with Crippen LogP contribution in [0, 0.1) is 11.8 Å². The van der Waals surface area contributed by atoms with Crippen LogP contribution in [0.5, 0.6) is 5.75 Å². The van der Waals surface area contributed by atoms with Gasteiger partial charge >= 0.3 is 0 Å². The molecule has 40 heavy (non-hydrogen) atoms. The van der Waals surface area contributed by atoms with Crippen LogP contribution in [0.2, 0.25) is 0 Å². The monoisotopic (exact) mass is 543 g/mol. The van der Waals surface area contributed by atoms with Crippen molar-refractivity contribution in [2.45, 2.75) is 30.2 Å². The van der Waals surface area contributed by atoms with E-state index in [-0.39, 0.29) is 30.9 Å². The van der Waals surface area contributed by atoms with Crippen LogP contribution >= 0.6 is 0 Å². The van der Waals surface area contributed by atoms with Crippen LogP contribution in [-0.2, 0) is 25.5 Å². The third-order valence-electron chi connectivity index (χ3n) is 8.60. The van der Waals surface area contributed by atoms with E-state index in [9.17, 15) is 19.5 Å². The topological polar surface area (TPSA) is 99.6 Å². The summed E-state index contributed by atoms with van der Waals surface area (Å²) in [7, 11) is 3.29. The number of ether oxygens (including phenoxy) is 2. The highest BCUT2D eigenvalue weighted by molar-refractivity contribution is 6.06. The average molecular weight is 544 g/mol. The van der Waals surface area contributed by atoms with E-state index in [1.165, 1.54) is 4.90 Å². The van der Waals surface area contributed by atoms with Gasteiger partial charge in [-0.25, -0.2) is 0 Å². The number of methoxy groups -OCH3 is 1. The van der Waals surface area contributed by atoms with E-state index >= 15 is 0 Å². The molecule has 4 aliphatic rings. The summed E-state index contributed by atoms with van der Waals surface area (Å²) in [5, 5.41) is 10.6. The van der Waals surface area contributed by atoms with Crippen molar-refractivity contribution in [2.24, 2.45) is 11.8 Å². The number of hydrogen-bond donors (Lipinski definition) is 1. The maximum Gasteiger partial charge on any atom is 0.253 e. The molecule has 4 heterocycles. The van der Waals surface area contributed by atoms with Crippen LogP contribution < -0.4 is 9.64 Å². The minimum absolute atomic E-state index is 0.188. The minimum atomic E-state index is -1.35. The molecule has 0 saturated carbocycles. The highest BCUT2D eigenvalue weighted by Crippen LogP contribution is 2.54. The van der Waals surface area contributed by atoms with Crippen molar-refractivity contribution in [1.29, 1.82) is 0 Å². The molecule has 0 bridgehead atoms. The Kier molecular flexibility index (Phi) is 6.72. The lowest BCUT2D eigenvalue weighted by Crippen LogP contribution is -2.58. The Labute approximate surface area is 233 Å². The van der Waals surface area contributed by atoms with Gasteiger partial charge in [-0.3, -0.25) is 14.4 Å². The number of aliphatic hydroxyl groups excluding tert-OH is 1. The summed E-state index contributed by atoms with van der Waals surface area (Å²) >= 11 is 0. The second-order valence-electron chi connectivity index (χ2n) is 10.8. The zero-order valence-electron chi connectivity index (χ0n) is 22.6. The maximum atomic E-state index is 14.6. The zero-order valence-corrected chi connectivity index (χ0v) is 22.6. The molecule has 9 nitrogen and oxygen atoms in total. The molecule has 1 spiro atoms. The highest BCUT2D eigenvalue weighted by atomic mass is 16.5. The molecule has 1 unspecified atom stereocenters. The largest absolute Gasteiger partial charge is 0.497 e. The predicted molar refractivity (Wildman–Crippen MR) is 148 cm³/mol. The number of aliphatic hydroxyl groups is 1. The van der Waals surface area contributed by atoms with Crippen LogP contribution in [0.25, 0.3) is 0 Å². The molecule has 0 radical (unpaired) electrons. The first-order chi connectivity index (χ1) is 19.4. The molecule has 2 saturated heterocycles. The number of carbonyl (C=O) groups excluding carboxylic acids is 3. The molecule has 208 valence electrons. The number of likely N-dealkylation sites (tertiary alicyclic amines) is 1. The molecule has 2 fully saturated rings. The molecule has 6 rings (SSSR count). The lowest BCUT2D eigenvalue weighted by atomic mass is 9.77. The van der Waals surface area contributed by atoms with Gasteiger partial charge in [0.15, 0.2) is 0 Å². The van der Waals surface area contributed by atoms with Gasteiger partial charge in [0.2, 0.25) is 11.8 Å². The van der Waals surface area contributed by atoms with Crippen LogP contribution in [0.1, 0.15) is 5.56 Å². The van der Waals surface area contributed by atoms with Gasteiger partial charge in [0, 0.05) is 25.8 Å². The van der Waals surface area contributed by atoms with Crippen molar-refractivity contribution in [3.63, 3.8) is 0 Å². The van der Waals surface area contributed by atoms with Gasteiger partial charge in [0.05, 0.1) is 37.7 Å². The number of carbonyl (C=O) groups is 3. The SMILES string of the molecule is COc1ccc(N2CC=C[C@]34O[C@H]5C=CCN(C)C(=O)[C@H]5[C@H]3C(=O)N([C@@H](CO)Cc3ccccc3)C4C2=O)cc1. The Morgan fingerprint density at radius 3 is 2.45 bits per heavy atom. The number of likely N-dealkylation sites (N-methyl/N-ethyl adjacent to an activating group) is 1. The fourth-order valence-electron chi connectivity index (χ4n) is 6.73. The van der Waals surface area contributed by atoms with E-state index in [1.54, 1.807) is 48.2 Å². The van der Waals surface area contributed by atoms with Crippen molar-refractivity contribution < 1.29 is 29.0 Å². The zero-order chi connectivity index (χ0) is 28.0. The molecule has 6 atom stereocenters. The molecule has 0 aromatic heterocycles. The van der Waals surface area contributed by atoms with E-state index in [0.29, 0.717) is 24.4 Å². The summed E-state index contributed by atoms with van der Waals surface area (Å²) in [5.74, 6) is -1.87. The van der Waals surface area contributed by atoms with E-state index in [4.69, 9.17) is 9.47 Å². The summed E-state index contributed by atoms with van der Waals surface area (Å²) < 4.78 is 12.0. The smallest absolute Gasteiger partial charge is 0.253 e. The molecule has 9 heteroatoms. The van der Waals surface area contributed by atoms with Crippen LogP contribution in [0.4, 0.5) is 5.69 Å². The third-order valence-corrected chi connectivity index (χ3v) is 8.60. The summed E-state index contributed by atoms with van der Waals surface area (Å²) in [6, 6.07) is 15.0. The molecule has 0 aliphatic carbocycles. The van der Waals surface area contributed by atoms with Gasteiger partial charge in [0.1, 0.15) is 17.4 Å². The number of nitrogens with zero attached hydrogens (tertiary/aromatic N) is 3.